The molecule has 2 rings (SSSR count). The van der Waals surface area contributed by atoms with Gasteiger partial charge < -0.3 is 5.73 Å². The van der Waals surface area contributed by atoms with Crippen LogP contribution in [0.2, 0.25) is 0 Å². The molecular formula is C10H20N2S. The van der Waals surface area contributed by atoms with E-state index >= 15 is 0 Å². The van der Waals surface area contributed by atoms with Gasteiger partial charge in [0.15, 0.2) is 0 Å². The molecule has 2 aliphatic rings. The summed E-state index contributed by atoms with van der Waals surface area (Å²) in [5, 5.41) is 0.803. The van der Waals surface area contributed by atoms with Gasteiger partial charge in [-0.15, -0.1) is 0 Å². The minimum absolute atomic E-state index is 0.182. The summed E-state index contributed by atoms with van der Waals surface area (Å²) in [5.41, 5.74) is 6.41. The predicted molar refractivity (Wildman–Crippen MR) is 59.1 cm³/mol. The molecule has 0 radical (unpaired) electrons. The molecule has 0 aromatic carbocycles. The van der Waals surface area contributed by atoms with Crippen molar-refractivity contribution in [3.05, 3.63) is 0 Å². The minimum Gasteiger partial charge on any atom is -0.324 e. The molecule has 1 unspecified atom stereocenters. The molecule has 0 bridgehead atoms. The summed E-state index contributed by atoms with van der Waals surface area (Å²) < 4.78 is 0. The summed E-state index contributed by atoms with van der Waals surface area (Å²) >= 11 is 2.09. The van der Waals surface area contributed by atoms with E-state index in [1.807, 2.05) is 0 Å². The van der Waals surface area contributed by atoms with Crippen LogP contribution in [0.1, 0.15) is 26.2 Å². The number of nitrogens with zero attached hydrogens (tertiary/aromatic N) is 1. The van der Waals surface area contributed by atoms with E-state index in [4.69, 9.17) is 5.73 Å². The van der Waals surface area contributed by atoms with E-state index in [9.17, 15) is 0 Å². The second-order valence-electron chi connectivity index (χ2n) is 4.63. The van der Waals surface area contributed by atoms with Crippen LogP contribution < -0.4 is 5.73 Å². The molecule has 1 saturated carbocycles. The summed E-state index contributed by atoms with van der Waals surface area (Å²) in [6, 6.07) is 0. The standard InChI is InChI=1S/C10H20N2S/c1-9-7-12(5-6-13-9)8-10(11)3-2-4-10/h9H,2-8,11H2,1H3. The van der Waals surface area contributed by atoms with E-state index in [2.05, 4.69) is 23.6 Å². The van der Waals surface area contributed by atoms with Gasteiger partial charge in [-0.3, -0.25) is 4.90 Å². The van der Waals surface area contributed by atoms with Crippen LogP contribution in [0, 0.1) is 0 Å². The number of hydrogen-bond donors (Lipinski definition) is 1. The highest BCUT2D eigenvalue weighted by molar-refractivity contribution is 7.99. The number of hydrogen-bond acceptors (Lipinski definition) is 3. The van der Waals surface area contributed by atoms with Crippen LogP contribution in [0.5, 0.6) is 0 Å². The topological polar surface area (TPSA) is 29.3 Å². The third-order valence-corrected chi connectivity index (χ3v) is 4.35. The molecule has 2 nitrogen and oxygen atoms in total. The van der Waals surface area contributed by atoms with Crippen molar-refractivity contribution in [3.8, 4) is 0 Å². The molecule has 1 saturated heterocycles. The van der Waals surface area contributed by atoms with Crippen molar-refractivity contribution in [2.75, 3.05) is 25.4 Å². The molecule has 1 heterocycles. The smallest absolute Gasteiger partial charge is 0.0283 e. The van der Waals surface area contributed by atoms with Gasteiger partial charge in [0, 0.05) is 36.2 Å². The lowest BCUT2D eigenvalue weighted by atomic mass is 9.77. The average Bonchev–Trinajstić information content (AvgIpc) is 2.01. The first kappa shape index (κ1) is 9.81. The van der Waals surface area contributed by atoms with Crippen molar-refractivity contribution in [1.29, 1.82) is 0 Å². The second kappa shape index (κ2) is 3.79. The summed E-state index contributed by atoms with van der Waals surface area (Å²) in [4.78, 5) is 2.56. The molecule has 2 fully saturated rings. The van der Waals surface area contributed by atoms with Gasteiger partial charge in [0.25, 0.3) is 0 Å². The van der Waals surface area contributed by atoms with E-state index in [0.717, 1.165) is 11.8 Å². The normalized spacial score (nSPS) is 34.2. The third-order valence-electron chi connectivity index (χ3n) is 3.21. The van der Waals surface area contributed by atoms with Crippen molar-refractivity contribution < 1.29 is 0 Å². The van der Waals surface area contributed by atoms with Crippen molar-refractivity contribution in [3.63, 3.8) is 0 Å². The highest BCUT2D eigenvalue weighted by atomic mass is 32.2. The number of nitrogens with two attached hydrogens (primary N) is 1. The highest BCUT2D eigenvalue weighted by Gasteiger charge is 2.35. The van der Waals surface area contributed by atoms with Crippen molar-refractivity contribution in [2.24, 2.45) is 5.73 Å². The summed E-state index contributed by atoms with van der Waals surface area (Å²) in [6.07, 6.45) is 3.82. The maximum absolute atomic E-state index is 6.23. The first-order chi connectivity index (χ1) is 6.18. The zero-order valence-corrected chi connectivity index (χ0v) is 9.28. The maximum atomic E-state index is 6.23. The Bertz CT molecular complexity index is 180. The Kier molecular flexibility index (Phi) is 2.86. The van der Waals surface area contributed by atoms with Crippen molar-refractivity contribution in [2.45, 2.75) is 37.0 Å². The Hall–Kier alpha value is 0.270. The first-order valence-electron chi connectivity index (χ1n) is 5.31. The van der Waals surface area contributed by atoms with Crippen molar-refractivity contribution >= 4 is 11.8 Å². The molecule has 3 heteroatoms. The lowest BCUT2D eigenvalue weighted by Crippen LogP contribution is -2.56. The molecule has 0 aromatic rings. The van der Waals surface area contributed by atoms with Gasteiger partial charge >= 0.3 is 0 Å². The van der Waals surface area contributed by atoms with E-state index in [1.54, 1.807) is 0 Å². The molecule has 1 aliphatic carbocycles. The Labute approximate surface area is 85.2 Å². The predicted octanol–water partition coefficient (Wildman–Crippen LogP) is 1.31. The molecule has 76 valence electrons. The third kappa shape index (κ3) is 2.39. The zero-order valence-electron chi connectivity index (χ0n) is 8.46. The Morgan fingerprint density at radius 1 is 1.54 bits per heavy atom. The van der Waals surface area contributed by atoms with Crippen LogP contribution in [0.4, 0.5) is 0 Å². The maximum Gasteiger partial charge on any atom is 0.0283 e. The van der Waals surface area contributed by atoms with Gasteiger partial charge in [-0.1, -0.05) is 6.92 Å². The fourth-order valence-corrected chi connectivity index (χ4v) is 3.35. The molecular weight excluding hydrogens is 180 g/mol. The summed E-state index contributed by atoms with van der Waals surface area (Å²) in [5.74, 6) is 1.29. The van der Waals surface area contributed by atoms with Crippen LogP contribution >= 0.6 is 11.8 Å². The minimum atomic E-state index is 0.182. The highest BCUT2D eigenvalue weighted by Crippen LogP contribution is 2.31. The second-order valence-corrected chi connectivity index (χ2v) is 6.18. The van der Waals surface area contributed by atoms with Crippen LogP contribution in [-0.4, -0.2) is 41.1 Å². The SMILES string of the molecule is CC1CN(CC2(N)CCC2)CCS1. The zero-order chi connectivity index (χ0) is 9.31. The van der Waals surface area contributed by atoms with Crippen LogP contribution in [0.25, 0.3) is 0 Å². The van der Waals surface area contributed by atoms with Crippen LogP contribution in [-0.2, 0) is 0 Å². The van der Waals surface area contributed by atoms with Crippen LogP contribution in [0.15, 0.2) is 0 Å². The fourth-order valence-electron chi connectivity index (χ4n) is 2.27. The number of thioether (sulfide) groups is 1. The lowest BCUT2D eigenvalue weighted by molar-refractivity contribution is 0.148. The largest absolute Gasteiger partial charge is 0.324 e. The molecule has 0 aromatic heterocycles. The Morgan fingerprint density at radius 2 is 2.31 bits per heavy atom. The summed E-state index contributed by atoms with van der Waals surface area (Å²) in [7, 11) is 0. The van der Waals surface area contributed by atoms with E-state index < -0.39 is 0 Å². The fraction of sp³-hybridized carbons (Fsp3) is 1.00. The van der Waals surface area contributed by atoms with E-state index in [-0.39, 0.29) is 5.54 Å². The molecule has 1 atom stereocenters. The van der Waals surface area contributed by atoms with Crippen molar-refractivity contribution in [1.82, 2.24) is 4.90 Å². The van der Waals surface area contributed by atoms with Gasteiger partial charge in [0.05, 0.1) is 0 Å². The first-order valence-corrected chi connectivity index (χ1v) is 6.36. The van der Waals surface area contributed by atoms with Gasteiger partial charge in [0.2, 0.25) is 0 Å². The van der Waals surface area contributed by atoms with Gasteiger partial charge in [-0.05, 0) is 19.3 Å². The van der Waals surface area contributed by atoms with Gasteiger partial charge in [0.1, 0.15) is 0 Å². The molecule has 13 heavy (non-hydrogen) atoms. The van der Waals surface area contributed by atoms with Gasteiger partial charge in [-0.25, -0.2) is 0 Å². The average molecular weight is 200 g/mol. The molecule has 0 spiro atoms. The quantitative estimate of drug-likeness (QED) is 0.728. The van der Waals surface area contributed by atoms with E-state index in [1.165, 1.54) is 38.1 Å². The molecule has 0 amide bonds. The molecule has 2 N–H and O–H groups in total. The number of rotatable bonds is 2. The van der Waals surface area contributed by atoms with E-state index in [0.29, 0.717) is 0 Å². The lowest BCUT2D eigenvalue weighted by Gasteiger charge is -2.43. The molecule has 1 aliphatic heterocycles. The van der Waals surface area contributed by atoms with Gasteiger partial charge in [-0.2, -0.15) is 11.8 Å². The Balaban J connectivity index is 1.80. The van der Waals surface area contributed by atoms with Crippen LogP contribution in [0.3, 0.4) is 0 Å². The summed E-state index contributed by atoms with van der Waals surface area (Å²) in [6.45, 7) is 5.94. The monoisotopic (exact) mass is 200 g/mol. The Morgan fingerprint density at radius 3 is 2.85 bits per heavy atom.